The van der Waals surface area contributed by atoms with Crippen LogP contribution in [0, 0.1) is 5.92 Å². The Balaban J connectivity index is 2.19. The van der Waals surface area contributed by atoms with E-state index in [-0.39, 0.29) is 17.9 Å². The predicted octanol–water partition coefficient (Wildman–Crippen LogP) is 6.72. The zero-order chi connectivity index (χ0) is 21.6. The van der Waals surface area contributed by atoms with Gasteiger partial charge in [0.15, 0.2) is 5.75 Å². The molecule has 0 saturated carbocycles. The highest BCUT2D eigenvalue weighted by Crippen LogP contribution is 2.40. The Bertz CT molecular complexity index is 767. The van der Waals surface area contributed by atoms with Crippen molar-refractivity contribution in [1.82, 2.24) is 0 Å². The van der Waals surface area contributed by atoms with E-state index in [2.05, 4.69) is 39.8 Å². The Labute approximate surface area is 188 Å². The number of rotatable bonds is 10. The van der Waals surface area contributed by atoms with Gasteiger partial charge in [0.05, 0.1) is 22.5 Å². The van der Waals surface area contributed by atoms with Gasteiger partial charge in [-0.25, -0.2) is 0 Å². The third-order valence-corrected chi connectivity index (χ3v) is 6.04. The Morgan fingerprint density at radius 3 is 2.07 bits per heavy atom. The monoisotopic (exact) mass is 458 g/mol. The molecule has 0 unspecified atom stereocenters. The molecule has 160 valence electrons. The SMILES string of the molecule is CC[C@H](C)COc1ccc(C(C)(C)c2cc(Cl)c(OC[C@H](O)CCl)c(Cl)c2)cc1. The molecule has 0 bridgehead atoms. The lowest BCUT2D eigenvalue weighted by molar-refractivity contribution is 0.125. The summed E-state index contributed by atoms with van der Waals surface area (Å²) in [6.07, 6.45) is 0.318. The smallest absolute Gasteiger partial charge is 0.156 e. The van der Waals surface area contributed by atoms with Gasteiger partial charge in [0.2, 0.25) is 0 Å². The molecule has 0 radical (unpaired) electrons. The number of aliphatic hydroxyl groups is 1. The van der Waals surface area contributed by atoms with Crippen molar-refractivity contribution in [3.05, 3.63) is 57.6 Å². The molecule has 2 aromatic rings. The molecule has 0 aliphatic rings. The number of hydrogen-bond donors (Lipinski definition) is 1. The van der Waals surface area contributed by atoms with Crippen LogP contribution in [0.5, 0.6) is 11.5 Å². The van der Waals surface area contributed by atoms with Crippen LogP contribution in [0.15, 0.2) is 36.4 Å². The summed E-state index contributed by atoms with van der Waals surface area (Å²) in [4.78, 5) is 0. The average molecular weight is 460 g/mol. The van der Waals surface area contributed by atoms with Crippen LogP contribution in [0.4, 0.5) is 0 Å². The largest absolute Gasteiger partial charge is 0.493 e. The molecule has 3 nitrogen and oxygen atoms in total. The fourth-order valence-corrected chi connectivity index (χ4v) is 3.46. The molecular formula is C23H29Cl3O3. The zero-order valence-electron chi connectivity index (χ0n) is 17.3. The Morgan fingerprint density at radius 2 is 1.55 bits per heavy atom. The number of ether oxygens (including phenoxy) is 2. The second-order valence-electron chi connectivity index (χ2n) is 7.86. The van der Waals surface area contributed by atoms with Crippen molar-refractivity contribution in [2.75, 3.05) is 19.1 Å². The summed E-state index contributed by atoms with van der Waals surface area (Å²) in [6, 6.07) is 11.8. The first-order valence-electron chi connectivity index (χ1n) is 9.78. The van der Waals surface area contributed by atoms with Crippen LogP contribution < -0.4 is 9.47 Å². The van der Waals surface area contributed by atoms with Crippen molar-refractivity contribution in [2.24, 2.45) is 5.92 Å². The summed E-state index contributed by atoms with van der Waals surface area (Å²) in [5, 5.41) is 10.4. The van der Waals surface area contributed by atoms with Crippen molar-refractivity contribution < 1.29 is 14.6 Å². The molecule has 0 aromatic heterocycles. The van der Waals surface area contributed by atoms with Gasteiger partial charge in [-0.1, -0.05) is 69.5 Å². The Kier molecular flexibility index (Phi) is 8.96. The van der Waals surface area contributed by atoms with Gasteiger partial charge in [0.25, 0.3) is 0 Å². The van der Waals surface area contributed by atoms with Crippen LogP contribution in [0.1, 0.15) is 45.2 Å². The average Bonchev–Trinajstić information content (AvgIpc) is 2.71. The highest BCUT2D eigenvalue weighted by atomic mass is 35.5. The topological polar surface area (TPSA) is 38.7 Å². The van der Waals surface area contributed by atoms with E-state index < -0.39 is 6.10 Å². The summed E-state index contributed by atoms with van der Waals surface area (Å²) < 4.78 is 11.4. The fraction of sp³-hybridized carbons (Fsp3) is 0.478. The fourth-order valence-electron chi connectivity index (χ4n) is 2.77. The van der Waals surface area contributed by atoms with Gasteiger partial charge in [-0.15, -0.1) is 11.6 Å². The summed E-state index contributed by atoms with van der Waals surface area (Å²) in [5.74, 6) is 1.83. The van der Waals surface area contributed by atoms with E-state index in [1.807, 2.05) is 24.3 Å². The highest BCUT2D eigenvalue weighted by molar-refractivity contribution is 6.37. The third-order valence-electron chi connectivity index (χ3n) is 5.13. The maximum Gasteiger partial charge on any atom is 0.156 e. The number of hydrogen-bond acceptors (Lipinski definition) is 3. The normalized spacial score (nSPS) is 13.8. The maximum absolute atomic E-state index is 9.59. The Morgan fingerprint density at radius 1 is 0.966 bits per heavy atom. The van der Waals surface area contributed by atoms with Crippen LogP contribution in [-0.4, -0.2) is 30.3 Å². The summed E-state index contributed by atoms with van der Waals surface area (Å²) >= 11 is 18.4. The van der Waals surface area contributed by atoms with Crippen LogP contribution in [0.2, 0.25) is 10.0 Å². The van der Waals surface area contributed by atoms with Gasteiger partial charge in [-0.2, -0.15) is 0 Å². The maximum atomic E-state index is 9.59. The van der Waals surface area contributed by atoms with Crippen molar-refractivity contribution in [1.29, 1.82) is 0 Å². The number of aliphatic hydroxyl groups excluding tert-OH is 1. The molecule has 0 spiro atoms. The molecule has 2 aromatic carbocycles. The van der Waals surface area contributed by atoms with Crippen LogP contribution in [0.3, 0.4) is 0 Å². The highest BCUT2D eigenvalue weighted by Gasteiger charge is 2.26. The second kappa shape index (κ2) is 10.8. The van der Waals surface area contributed by atoms with Gasteiger partial charge in [0.1, 0.15) is 18.5 Å². The molecule has 2 atom stereocenters. The minimum absolute atomic E-state index is 0.0315. The lowest BCUT2D eigenvalue weighted by Crippen LogP contribution is -2.20. The lowest BCUT2D eigenvalue weighted by Gasteiger charge is -2.27. The molecule has 2 rings (SSSR count). The van der Waals surface area contributed by atoms with Gasteiger partial charge >= 0.3 is 0 Å². The molecule has 0 saturated heterocycles. The number of benzene rings is 2. The molecule has 29 heavy (non-hydrogen) atoms. The number of halogens is 3. The molecule has 0 heterocycles. The number of alkyl halides is 1. The predicted molar refractivity (Wildman–Crippen MR) is 122 cm³/mol. The van der Waals surface area contributed by atoms with Gasteiger partial charge < -0.3 is 14.6 Å². The van der Waals surface area contributed by atoms with Gasteiger partial charge in [-0.3, -0.25) is 0 Å². The van der Waals surface area contributed by atoms with E-state index in [0.29, 0.717) is 28.3 Å². The second-order valence-corrected chi connectivity index (χ2v) is 8.98. The van der Waals surface area contributed by atoms with Crippen molar-refractivity contribution in [2.45, 2.75) is 45.6 Å². The summed E-state index contributed by atoms with van der Waals surface area (Å²) in [7, 11) is 0. The van der Waals surface area contributed by atoms with Crippen molar-refractivity contribution in [3.63, 3.8) is 0 Å². The van der Waals surface area contributed by atoms with E-state index >= 15 is 0 Å². The van der Waals surface area contributed by atoms with Crippen LogP contribution in [-0.2, 0) is 5.41 Å². The minimum Gasteiger partial charge on any atom is -0.493 e. The lowest BCUT2D eigenvalue weighted by atomic mass is 9.78. The van der Waals surface area contributed by atoms with E-state index in [4.69, 9.17) is 44.3 Å². The van der Waals surface area contributed by atoms with Crippen LogP contribution >= 0.6 is 34.8 Å². The van der Waals surface area contributed by atoms with E-state index in [1.54, 1.807) is 0 Å². The molecule has 0 amide bonds. The summed E-state index contributed by atoms with van der Waals surface area (Å²) in [5.41, 5.74) is 1.76. The summed E-state index contributed by atoms with van der Waals surface area (Å²) in [6.45, 7) is 9.30. The third kappa shape index (κ3) is 6.42. The van der Waals surface area contributed by atoms with E-state index in [9.17, 15) is 5.11 Å². The van der Waals surface area contributed by atoms with Crippen molar-refractivity contribution in [3.8, 4) is 11.5 Å². The van der Waals surface area contributed by atoms with Gasteiger partial charge in [-0.05, 0) is 41.3 Å². The molecular weight excluding hydrogens is 431 g/mol. The first-order chi connectivity index (χ1) is 13.7. The molecule has 0 fully saturated rings. The van der Waals surface area contributed by atoms with Gasteiger partial charge in [0, 0.05) is 5.41 Å². The van der Waals surface area contributed by atoms with Crippen molar-refractivity contribution >= 4 is 34.8 Å². The van der Waals surface area contributed by atoms with E-state index in [1.165, 1.54) is 0 Å². The quantitative estimate of drug-likeness (QED) is 0.401. The first-order valence-corrected chi connectivity index (χ1v) is 11.1. The van der Waals surface area contributed by atoms with Crippen LogP contribution in [0.25, 0.3) is 0 Å². The van der Waals surface area contributed by atoms with E-state index in [0.717, 1.165) is 23.3 Å². The molecule has 0 aliphatic carbocycles. The minimum atomic E-state index is -0.777. The first kappa shape index (κ1) is 24.1. The molecule has 1 N–H and O–H groups in total. The Hall–Kier alpha value is -1.13. The molecule has 0 aliphatic heterocycles. The standard InChI is InChI=1S/C23H29Cl3O3/c1-5-15(2)13-28-19-8-6-16(7-9-19)23(3,4)17-10-20(25)22(21(26)11-17)29-14-18(27)12-24/h6-11,15,18,27H,5,12-14H2,1-4H3/t15-,18+/m0/s1. The molecule has 6 heteroatoms. The zero-order valence-corrected chi connectivity index (χ0v) is 19.6.